The van der Waals surface area contributed by atoms with E-state index in [1.54, 1.807) is 0 Å². The quantitative estimate of drug-likeness (QED) is 0.677. The molecule has 0 aromatic heterocycles. The lowest BCUT2D eigenvalue weighted by Crippen LogP contribution is -2.16. The highest BCUT2D eigenvalue weighted by Gasteiger charge is 2.11. The minimum atomic E-state index is -0.260. The fourth-order valence-electron chi connectivity index (χ4n) is 1.08. The summed E-state index contributed by atoms with van der Waals surface area (Å²) in [5.74, 6) is 0.749. The van der Waals surface area contributed by atoms with E-state index in [2.05, 4.69) is 47.8 Å². The minimum absolute atomic E-state index is 0.260. The second-order valence-corrected chi connectivity index (χ2v) is 5.46. The Morgan fingerprint density at radius 3 is 2.20 bits per heavy atom. The van der Waals surface area contributed by atoms with Crippen LogP contribution in [-0.2, 0) is 4.74 Å². The van der Waals surface area contributed by atoms with Crippen LogP contribution in [0.1, 0.15) is 13.8 Å². The summed E-state index contributed by atoms with van der Waals surface area (Å²) >= 11 is 10.3. The second-order valence-electron chi connectivity index (χ2n) is 2.84. The Morgan fingerprint density at radius 2 is 1.73 bits per heavy atom. The summed E-state index contributed by atoms with van der Waals surface area (Å²) < 4.78 is 13.7. The van der Waals surface area contributed by atoms with Crippen LogP contribution in [0, 0.1) is 0 Å². The number of rotatable bonds is 4. The van der Waals surface area contributed by atoms with Gasteiger partial charge in [-0.05, 0) is 57.8 Å². The third-order valence-corrected chi connectivity index (χ3v) is 3.28. The van der Waals surface area contributed by atoms with Gasteiger partial charge in [0.25, 0.3) is 0 Å². The Hall–Kier alpha value is 0.420. The van der Waals surface area contributed by atoms with Crippen LogP contribution in [0.3, 0.4) is 0 Å². The fourth-order valence-corrected chi connectivity index (χ4v) is 3.52. The zero-order valence-electron chi connectivity index (χ0n) is 8.39. The molecule has 0 N–H and O–H groups in total. The van der Waals surface area contributed by atoms with E-state index in [9.17, 15) is 0 Å². The van der Waals surface area contributed by atoms with Gasteiger partial charge in [-0.25, -0.2) is 0 Å². The summed E-state index contributed by atoms with van der Waals surface area (Å²) in [6.07, 6.45) is -0.260. The van der Waals surface area contributed by atoms with Gasteiger partial charge in [0, 0.05) is 11.1 Å². The lowest BCUT2D eigenvalue weighted by atomic mass is 10.3. The predicted octanol–water partition coefficient (Wildman–Crippen LogP) is 4.74. The van der Waals surface area contributed by atoms with Gasteiger partial charge in [0.2, 0.25) is 0 Å². The van der Waals surface area contributed by atoms with Gasteiger partial charge in [-0.1, -0.05) is 15.9 Å². The van der Waals surface area contributed by atoms with Gasteiger partial charge in [0.05, 0.1) is 8.95 Å². The Morgan fingerprint density at radius 1 is 1.20 bits per heavy atom. The zero-order valence-corrected chi connectivity index (χ0v) is 13.1. The van der Waals surface area contributed by atoms with Crippen molar-refractivity contribution in [2.24, 2.45) is 0 Å². The highest BCUT2D eigenvalue weighted by Crippen LogP contribution is 2.37. The summed E-state index contributed by atoms with van der Waals surface area (Å²) in [4.78, 5) is 0. The van der Waals surface area contributed by atoms with Crippen molar-refractivity contribution in [3.63, 3.8) is 0 Å². The summed E-state index contributed by atoms with van der Waals surface area (Å²) in [5.41, 5.74) is 0. The van der Waals surface area contributed by atoms with E-state index >= 15 is 0 Å². The maximum Gasteiger partial charge on any atom is 0.197 e. The van der Waals surface area contributed by atoms with E-state index in [1.165, 1.54) is 0 Å². The minimum Gasteiger partial charge on any atom is -0.463 e. The van der Waals surface area contributed by atoms with Crippen LogP contribution in [0.5, 0.6) is 5.75 Å². The molecule has 1 atom stereocenters. The topological polar surface area (TPSA) is 18.5 Å². The molecule has 0 radical (unpaired) electrons. The lowest BCUT2D eigenvalue weighted by molar-refractivity contribution is -0.0621. The second kappa shape index (κ2) is 6.23. The SMILES string of the molecule is CCOC(C)Oc1c(Br)cc(Br)cc1Br. The van der Waals surface area contributed by atoms with Crippen molar-refractivity contribution in [2.45, 2.75) is 20.1 Å². The molecule has 0 saturated heterocycles. The molecule has 2 nitrogen and oxygen atoms in total. The predicted molar refractivity (Wildman–Crippen MR) is 71.3 cm³/mol. The van der Waals surface area contributed by atoms with E-state index in [-0.39, 0.29) is 6.29 Å². The highest BCUT2D eigenvalue weighted by molar-refractivity contribution is 9.11. The summed E-state index contributed by atoms with van der Waals surface area (Å²) in [7, 11) is 0. The van der Waals surface area contributed by atoms with Crippen molar-refractivity contribution in [3.8, 4) is 5.75 Å². The van der Waals surface area contributed by atoms with Crippen molar-refractivity contribution < 1.29 is 9.47 Å². The van der Waals surface area contributed by atoms with Gasteiger partial charge in [-0.15, -0.1) is 0 Å². The van der Waals surface area contributed by atoms with Gasteiger partial charge in [0.15, 0.2) is 12.0 Å². The molecule has 0 spiro atoms. The molecule has 1 unspecified atom stereocenters. The largest absolute Gasteiger partial charge is 0.463 e. The maximum atomic E-state index is 5.63. The third-order valence-electron chi connectivity index (χ3n) is 1.65. The van der Waals surface area contributed by atoms with E-state index in [4.69, 9.17) is 9.47 Å². The number of hydrogen-bond donors (Lipinski definition) is 0. The first kappa shape index (κ1) is 13.5. The van der Waals surface area contributed by atoms with Gasteiger partial charge in [-0.2, -0.15) is 0 Å². The lowest BCUT2D eigenvalue weighted by Gasteiger charge is -2.16. The zero-order chi connectivity index (χ0) is 11.4. The van der Waals surface area contributed by atoms with Crippen LogP contribution >= 0.6 is 47.8 Å². The molecular formula is C10H11Br3O2. The summed E-state index contributed by atoms with van der Waals surface area (Å²) in [6, 6.07) is 3.86. The van der Waals surface area contributed by atoms with Gasteiger partial charge in [-0.3, -0.25) is 0 Å². The standard InChI is InChI=1S/C10H11Br3O2/c1-3-14-6(2)15-10-8(12)4-7(11)5-9(10)13/h4-6H,3H2,1-2H3. The van der Waals surface area contributed by atoms with Gasteiger partial charge in [0.1, 0.15) is 0 Å². The molecule has 0 fully saturated rings. The van der Waals surface area contributed by atoms with E-state index < -0.39 is 0 Å². The molecule has 0 saturated carbocycles. The molecule has 1 aromatic rings. The first-order valence-electron chi connectivity index (χ1n) is 4.47. The van der Waals surface area contributed by atoms with E-state index in [0.717, 1.165) is 19.2 Å². The first-order valence-corrected chi connectivity index (χ1v) is 6.85. The van der Waals surface area contributed by atoms with Crippen LogP contribution in [0.15, 0.2) is 25.6 Å². The van der Waals surface area contributed by atoms with Crippen LogP contribution in [-0.4, -0.2) is 12.9 Å². The molecule has 15 heavy (non-hydrogen) atoms. The van der Waals surface area contributed by atoms with Crippen molar-refractivity contribution >= 4 is 47.8 Å². The number of benzene rings is 1. The van der Waals surface area contributed by atoms with Gasteiger partial charge >= 0.3 is 0 Å². The third kappa shape index (κ3) is 4.06. The Balaban J connectivity index is 2.85. The van der Waals surface area contributed by atoms with Gasteiger partial charge < -0.3 is 9.47 Å². The summed E-state index contributed by atoms with van der Waals surface area (Å²) in [6.45, 7) is 4.43. The molecule has 0 bridgehead atoms. The Kier molecular flexibility index (Phi) is 5.60. The molecule has 5 heteroatoms. The van der Waals surface area contributed by atoms with Crippen LogP contribution in [0.25, 0.3) is 0 Å². The van der Waals surface area contributed by atoms with Crippen molar-refractivity contribution in [1.29, 1.82) is 0 Å². The smallest absolute Gasteiger partial charge is 0.197 e. The average molecular weight is 403 g/mol. The monoisotopic (exact) mass is 400 g/mol. The fraction of sp³-hybridized carbons (Fsp3) is 0.400. The molecule has 0 aliphatic rings. The molecule has 0 aliphatic carbocycles. The average Bonchev–Trinajstić information content (AvgIpc) is 2.11. The maximum absolute atomic E-state index is 5.63. The van der Waals surface area contributed by atoms with E-state index in [1.807, 2.05) is 26.0 Å². The van der Waals surface area contributed by atoms with Crippen molar-refractivity contribution in [2.75, 3.05) is 6.61 Å². The van der Waals surface area contributed by atoms with Crippen molar-refractivity contribution in [1.82, 2.24) is 0 Å². The Labute approximate surface area is 115 Å². The van der Waals surface area contributed by atoms with E-state index in [0.29, 0.717) is 6.61 Å². The number of halogens is 3. The number of ether oxygens (including phenoxy) is 2. The van der Waals surface area contributed by atoms with Crippen LogP contribution in [0.2, 0.25) is 0 Å². The molecule has 0 heterocycles. The van der Waals surface area contributed by atoms with Crippen LogP contribution < -0.4 is 4.74 Å². The Bertz CT molecular complexity index is 318. The highest BCUT2D eigenvalue weighted by atomic mass is 79.9. The molecule has 0 aliphatic heterocycles. The molecule has 0 amide bonds. The van der Waals surface area contributed by atoms with Crippen molar-refractivity contribution in [3.05, 3.63) is 25.6 Å². The number of hydrogen-bond acceptors (Lipinski definition) is 2. The first-order chi connectivity index (χ1) is 7.04. The van der Waals surface area contributed by atoms with Crippen LogP contribution in [0.4, 0.5) is 0 Å². The molecule has 84 valence electrons. The molecule has 1 aromatic carbocycles. The molecule has 1 rings (SSSR count). The molecular weight excluding hydrogens is 392 g/mol. The normalized spacial score (nSPS) is 12.6. The summed E-state index contributed by atoms with van der Waals surface area (Å²) in [5, 5.41) is 0.